The Morgan fingerprint density at radius 2 is 1.75 bits per heavy atom. The molecular weight excluding hydrogens is 614 g/mol. The third-order valence-corrected chi connectivity index (χ3v) is 9.95. The molecule has 0 unspecified atom stereocenters. The Hall–Kier alpha value is -3.67. The van der Waals surface area contributed by atoms with Crippen molar-refractivity contribution in [3.05, 3.63) is 29.7 Å². The molecule has 48 heavy (non-hydrogen) atoms. The Balaban J connectivity index is 1.40. The predicted octanol–water partition coefficient (Wildman–Crippen LogP) is 3.69. The van der Waals surface area contributed by atoms with E-state index in [9.17, 15) is 24.0 Å². The van der Waals surface area contributed by atoms with Crippen LogP contribution < -0.4 is 21.4 Å². The van der Waals surface area contributed by atoms with Crippen LogP contribution in [0.2, 0.25) is 0 Å². The summed E-state index contributed by atoms with van der Waals surface area (Å²) in [4.78, 5) is 75.4. The molecule has 1 aromatic heterocycles. The van der Waals surface area contributed by atoms with Crippen LogP contribution in [0.15, 0.2) is 22.6 Å². The van der Waals surface area contributed by atoms with Gasteiger partial charge in [0.05, 0.1) is 12.6 Å². The van der Waals surface area contributed by atoms with E-state index in [0.717, 1.165) is 50.7 Å². The molecule has 12 heteroatoms. The van der Waals surface area contributed by atoms with Crippen LogP contribution in [0.25, 0.3) is 5.70 Å². The van der Waals surface area contributed by atoms with Crippen LogP contribution in [-0.2, 0) is 35.2 Å². The van der Waals surface area contributed by atoms with Crippen molar-refractivity contribution in [2.75, 3.05) is 6.54 Å². The maximum absolute atomic E-state index is 14.5. The molecular formula is C36H53N5O7. The first-order valence-corrected chi connectivity index (χ1v) is 17.8. The summed E-state index contributed by atoms with van der Waals surface area (Å²) in [5, 5.41) is 8.55. The summed E-state index contributed by atoms with van der Waals surface area (Å²) in [5.41, 5.74) is 1.78. The fourth-order valence-corrected chi connectivity index (χ4v) is 7.01. The topological polar surface area (TPSA) is 159 Å². The molecule has 0 aromatic carbocycles. The number of hydroxylamine groups is 1. The zero-order valence-corrected chi connectivity index (χ0v) is 29.1. The Morgan fingerprint density at radius 3 is 2.38 bits per heavy atom. The summed E-state index contributed by atoms with van der Waals surface area (Å²) in [6.07, 6.45) is 10.9. The average Bonchev–Trinajstić information content (AvgIpc) is 3.42. The zero-order chi connectivity index (χ0) is 34.6. The SMILES string of the molecule is CCC[C@H](NC(=O)[C@@H]1C[C@]2(C=C(c3ccc(CC)o3)NO2)CN1C(=O)[C@@H](NC(=O)CC1CCCCC1)C(C)(C)C)C(=O)C(=O)NC1CC1. The van der Waals surface area contributed by atoms with Gasteiger partial charge < -0.3 is 25.3 Å². The standard InChI is InChI=1S/C36H53N5O7/c1-6-11-25(30(43)33(45)37-23-14-15-23)38-32(44)27-20-36(19-26(40-48-36)28-17-16-24(7-2)47-28)21-41(27)34(46)31(35(3,4)5)39-29(42)18-22-12-9-8-10-13-22/h16-17,19,22-23,25,27,31,40H,6-15,18,20-21H2,1-5H3,(H,37,45)(H,38,44)(H,39,42)/t25-,27-,31+,36+/m0/s1. The van der Waals surface area contributed by atoms with Gasteiger partial charge >= 0.3 is 0 Å². The van der Waals surface area contributed by atoms with Crippen LogP contribution in [0.4, 0.5) is 0 Å². The number of carbonyl (C=O) groups is 5. The summed E-state index contributed by atoms with van der Waals surface area (Å²) in [6, 6.07) is 0.751. The van der Waals surface area contributed by atoms with E-state index in [2.05, 4.69) is 21.4 Å². The molecule has 5 rings (SSSR count). The van der Waals surface area contributed by atoms with E-state index in [1.807, 2.05) is 52.8 Å². The van der Waals surface area contributed by atoms with E-state index >= 15 is 0 Å². The summed E-state index contributed by atoms with van der Waals surface area (Å²) in [6.45, 7) is 9.56. The minimum atomic E-state index is -1.08. The van der Waals surface area contributed by atoms with E-state index in [4.69, 9.17) is 9.25 Å². The number of aryl methyl sites for hydroxylation is 1. The number of amides is 4. The average molecular weight is 668 g/mol. The fraction of sp³-hybridized carbons (Fsp3) is 0.694. The Kier molecular flexibility index (Phi) is 11.0. The first kappa shape index (κ1) is 35.6. The van der Waals surface area contributed by atoms with Crippen molar-refractivity contribution >= 4 is 35.1 Å². The monoisotopic (exact) mass is 667 g/mol. The largest absolute Gasteiger partial charge is 0.459 e. The molecule has 4 aliphatic rings. The molecule has 4 N–H and O–H groups in total. The van der Waals surface area contributed by atoms with Crippen LogP contribution in [0.3, 0.4) is 0 Å². The molecule has 2 saturated carbocycles. The Bertz CT molecular complexity index is 1400. The molecule has 4 atom stereocenters. The second kappa shape index (κ2) is 14.8. The van der Waals surface area contributed by atoms with Crippen molar-refractivity contribution in [1.82, 2.24) is 26.3 Å². The summed E-state index contributed by atoms with van der Waals surface area (Å²) < 4.78 is 5.92. The number of nitrogens with zero attached hydrogens (tertiary/aromatic N) is 1. The van der Waals surface area contributed by atoms with Crippen molar-refractivity contribution in [1.29, 1.82) is 0 Å². The smallest absolute Gasteiger partial charge is 0.289 e. The van der Waals surface area contributed by atoms with Crippen LogP contribution in [0.1, 0.15) is 117 Å². The van der Waals surface area contributed by atoms with E-state index in [1.165, 1.54) is 11.3 Å². The molecule has 0 bridgehead atoms. The number of nitrogens with one attached hydrogen (secondary N) is 4. The second-order valence-electron chi connectivity index (χ2n) is 15.2. The van der Waals surface area contributed by atoms with E-state index in [1.54, 1.807) is 0 Å². The molecule has 2 aliphatic carbocycles. The first-order chi connectivity index (χ1) is 22.8. The maximum atomic E-state index is 14.5. The minimum Gasteiger partial charge on any atom is -0.459 e. The van der Waals surface area contributed by atoms with Gasteiger partial charge in [0.2, 0.25) is 23.5 Å². The summed E-state index contributed by atoms with van der Waals surface area (Å²) in [5.74, 6) is -0.856. The normalized spacial score (nSPS) is 24.1. The number of ketones is 1. The second-order valence-corrected chi connectivity index (χ2v) is 15.2. The Morgan fingerprint density at radius 1 is 1.02 bits per heavy atom. The van der Waals surface area contributed by atoms with E-state index in [-0.39, 0.29) is 31.3 Å². The molecule has 0 radical (unpaired) electrons. The van der Waals surface area contributed by atoms with Gasteiger partial charge in [0, 0.05) is 25.3 Å². The molecule has 1 spiro atoms. The number of furan rings is 1. The van der Waals surface area contributed by atoms with Crippen molar-refractivity contribution in [2.24, 2.45) is 11.3 Å². The van der Waals surface area contributed by atoms with Gasteiger partial charge in [-0.15, -0.1) is 0 Å². The van der Waals surface area contributed by atoms with Gasteiger partial charge in [-0.2, -0.15) is 0 Å². The lowest BCUT2D eigenvalue weighted by molar-refractivity contribution is -0.145. The molecule has 12 nitrogen and oxygen atoms in total. The van der Waals surface area contributed by atoms with Gasteiger partial charge in [-0.1, -0.05) is 60.3 Å². The van der Waals surface area contributed by atoms with Crippen molar-refractivity contribution in [2.45, 2.75) is 141 Å². The molecule has 3 heterocycles. The molecule has 264 valence electrons. The molecule has 3 fully saturated rings. The molecule has 1 aromatic rings. The van der Waals surface area contributed by atoms with Crippen LogP contribution >= 0.6 is 0 Å². The van der Waals surface area contributed by atoms with Crippen molar-refractivity contribution < 1.29 is 33.2 Å². The lowest BCUT2D eigenvalue weighted by atomic mass is 9.84. The van der Waals surface area contributed by atoms with Gasteiger partial charge in [0.25, 0.3) is 5.91 Å². The number of hydrogen-bond donors (Lipinski definition) is 4. The fourth-order valence-electron chi connectivity index (χ4n) is 7.01. The highest BCUT2D eigenvalue weighted by atomic mass is 16.7. The van der Waals surface area contributed by atoms with Crippen LogP contribution in [0.5, 0.6) is 0 Å². The quantitative estimate of drug-likeness (QED) is 0.232. The number of Topliss-reactive ketones (excluding diaryl/α,β-unsaturated/α-hetero) is 1. The van der Waals surface area contributed by atoms with Crippen molar-refractivity contribution in [3.63, 3.8) is 0 Å². The predicted molar refractivity (Wildman–Crippen MR) is 179 cm³/mol. The van der Waals surface area contributed by atoms with Crippen molar-refractivity contribution in [3.8, 4) is 0 Å². The Labute approximate surface area is 283 Å². The van der Waals surface area contributed by atoms with Crippen LogP contribution in [-0.4, -0.2) is 70.6 Å². The molecule has 2 aliphatic heterocycles. The van der Waals surface area contributed by atoms with Gasteiger partial charge in [0.15, 0.2) is 5.76 Å². The summed E-state index contributed by atoms with van der Waals surface area (Å²) in [7, 11) is 0. The van der Waals surface area contributed by atoms with E-state index < -0.39 is 52.6 Å². The number of likely N-dealkylation sites (tertiary alicyclic amines) is 1. The van der Waals surface area contributed by atoms with Gasteiger partial charge in [-0.05, 0) is 61.6 Å². The molecule has 1 saturated heterocycles. The maximum Gasteiger partial charge on any atom is 0.289 e. The highest BCUT2D eigenvalue weighted by Crippen LogP contribution is 2.39. The number of hydrogen-bond acceptors (Lipinski definition) is 8. The van der Waals surface area contributed by atoms with Gasteiger partial charge in [-0.3, -0.25) is 34.3 Å². The van der Waals surface area contributed by atoms with E-state index in [0.29, 0.717) is 30.2 Å². The van der Waals surface area contributed by atoms with Crippen LogP contribution in [0, 0.1) is 11.3 Å². The minimum absolute atomic E-state index is 0.000419. The summed E-state index contributed by atoms with van der Waals surface area (Å²) >= 11 is 0. The van der Waals surface area contributed by atoms with Gasteiger partial charge in [0.1, 0.15) is 29.1 Å². The third-order valence-electron chi connectivity index (χ3n) is 9.95. The highest BCUT2D eigenvalue weighted by Gasteiger charge is 2.54. The molecule has 4 amide bonds. The third kappa shape index (κ3) is 8.48. The lowest BCUT2D eigenvalue weighted by Crippen LogP contribution is -2.59. The lowest BCUT2D eigenvalue weighted by Gasteiger charge is -2.36. The number of rotatable bonds is 13. The highest BCUT2D eigenvalue weighted by molar-refractivity contribution is 6.38. The zero-order valence-electron chi connectivity index (χ0n) is 29.1. The van der Waals surface area contributed by atoms with Gasteiger partial charge in [-0.25, -0.2) is 0 Å². The first-order valence-electron chi connectivity index (χ1n) is 17.8. The number of carbonyl (C=O) groups excluding carboxylic acids is 5.